The van der Waals surface area contributed by atoms with Crippen LogP contribution in [-0.4, -0.2) is 9.97 Å². The molecule has 6 heteroatoms. The van der Waals surface area contributed by atoms with Gasteiger partial charge in [0, 0.05) is 37.8 Å². The second-order valence-corrected chi connectivity index (χ2v) is 6.88. The van der Waals surface area contributed by atoms with Crippen LogP contribution in [0.5, 0.6) is 0 Å². The Bertz CT molecular complexity index is 831. The first-order chi connectivity index (χ1) is 10.9. The molecule has 3 aromatic rings. The minimum absolute atomic E-state index is 0.521. The molecule has 1 heterocycles. The molecule has 118 valence electrons. The van der Waals surface area contributed by atoms with Crippen LogP contribution in [0.25, 0.3) is 11.3 Å². The molecule has 0 spiro atoms. The minimum Gasteiger partial charge on any atom is -0.345 e. The number of halogens is 4. The molecule has 0 fully saturated rings. The molecule has 0 aliphatic carbocycles. The second-order valence-electron chi connectivity index (χ2n) is 5.19. The first-order valence-corrected chi connectivity index (χ1v) is 8.40. The first kappa shape index (κ1) is 16.7. The van der Waals surface area contributed by atoms with Crippen LogP contribution in [0.15, 0.2) is 36.4 Å². The number of aryl methyl sites for hydroxylation is 1. The molecule has 3 rings (SSSR count). The van der Waals surface area contributed by atoms with E-state index in [1.165, 1.54) is 0 Å². The third-order valence-electron chi connectivity index (χ3n) is 3.48. The summed E-state index contributed by atoms with van der Waals surface area (Å²) < 4.78 is 0. The van der Waals surface area contributed by atoms with Gasteiger partial charge in [0.05, 0.1) is 5.69 Å². The summed E-state index contributed by atoms with van der Waals surface area (Å²) in [7, 11) is 0. The molecule has 0 amide bonds. The largest absolute Gasteiger partial charge is 0.345 e. The molecule has 2 aromatic carbocycles. The maximum Gasteiger partial charge on any atom is 0.111 e. The number of hydrogen-bond acceptors (Lipinski definition) is 1. The van der Waals surface area contributed by atoms with Crippen molar-refractivity contribution in [3.8, 4) is 11.3 Å². The minimum atomic E-state index is 0.521. The van der Waals surface area contributed by atoms with Crippen molar-refractivity contribution in [2.24, 2.45) is 0 Å². The van der Waals surface area contributed by atoms with Gasteiger partial charge >= 0.3 is 0 Å². The van der Waals surface area contributed by atoms with Gasteiger partial charge in [-0.15, -0.1) is 0 Å². The van der Waals surface area contributed by atoms with Crippen molar-refractivity contribution in [2.75, 3.05) is 0 Å². The molecular weight excluding hydrogens is 374 g/mol. The van der Waals surface area contributed by atoms with Gasteiger partial charge in [0.1, 0.15) is 5.82 Å². The van der Waals surface area contributed by atoms with Crippen LogP contribution in [0.4, 0.5) is 0 Å². The number of benzene rings is 2. The molecule has 0 aliphatic heterocycles. The standard InChI is InChI=1S/C17H12Cl4N2/c1-9-17(10-5-11(18)7-12(19)6-10)23-16(22-9)8-13-14(20)3-2-4-15(13)21/h2-7H,8H2,1H3,(H,22,23). The van der Waals surface area contributed by atoms with Crippen molar-refractivity contribution in [3.63, 3.8) is 0 Å². The molecule has 0 unspecified atom stereocenters. The van der Waals surface area contributed by atoms with Gasteiger partial charge in [-0.25, -0.2) is 4.98 Å². The van der Waals surface area contributed by atoms with Crippen molar-refractivity contribution >= 4 is 46.4 Å². The smallest absolute Gasteiger partial charge is 0.111 e. The van der Waals surface area contributed by atoms with E-state index in [1.54, 1.807) is 6.07 Å². The number of H-pyrrole nitrogens is 1. The van der Waals surface area contributed by atoms with Gasteiger partial charge in [-0.1, -0.05) is 52.5 Å². The van der Waals surface area contributed by atoms with E-state index in [0.29, 0.717) is 26.5 Å². The molecule has 23 heavy (non-hydrogen) atoms. The molecular formula is C17H12Cl4N2. The molecule has 0 saturated carbocycles. The molecule has 1 aromatic heterocycles. The van der Waals surface area contributed by atoms with Crippen LogP contribution in [0.3, 0.4) is 0 Å². The number of nitrogens with zero attached hydrogens (tertiary/aromatic N) is 1. The SMILES string of the molecule is Cc1[nH]c(Cc2c(Cl)cccc2Cl)nc1-c1cc(Cl)cc(Cl)c1. The predicted octanol–water partition coefficient (Wildman–Crippen LogP) is 6.59. The topological polar surface area (TPSA) is 28.7 Å². The number of hydrogen-bond donors (Lipinski definition) is 1. The van der Waals surface area contributed by atoms with Gasteiger partial charge in [0.15, 0.2) is 0 Å². The summed E-state index contributed by atoms with van der Waals surface area (Å²) in [5.41, 5.74) is 3.46. The maximum absolute atomic E-state index is 6.22. The van der Waals surface area contributed by atoms with E-state index in [-0.39, 0.29) is 0 Å². The van der Waals surface area contributed by atoms with Crippen molar-refractivity contribution in [3.05, 3.63) is 73.6 Å². The highest BCUT2D eigenvalue weighted by Gasteiger charge is 2.13. The average Bonchev–Trinajstić information content (AvgIpc) is 2.83. The number of imidazole rings is 1. The third kappa shape index (κ3) is 3.67. The Hall–Kier alpha value is -1.19. The molecule has 0 aliphatic rings. The van der Waals surface area contributed by atoms with Crippen LogP contribution < -0.4 is 0 Å². The Balaban J connectivity index is 1.98. The molecule has 1 N–H and O–H groups in total. The molecule has 0 saturated heterocycles. The Morgan fingerprint density at radius 3 is 2.17 bits per heavy atom. The van der Waals surface area contributed by atoms with Gasteiger partial charge < -0.3 is 4.98 Å². The van der Waals surface area contributed by atoms with Crippen LogP contribution in [0.1, 0.15) is 17.1 Å². The van der Waals surface area contributed by atoms with Crippen LogP contribution in [0, 0.1) is 6.92 Å². The summed E-state index contributed by atoms with van der Waals surface area (Å²) in [6.45, 7) is 1.95. The lowest BCUT2D eigenvalue weighted by Crippen LogP contribution is -1.93. The van der Waals surface area contributed by atoms with Gasteiger partial charge in [0.25, 0.3) is 0 Å². The van der Waals surface area contributed by atoms with E-state index in [1.807, 2.05) is 37.3 Å². The first-order valence-electron chi connectivity index (χ1n) is 6.89. The highest BCUT2D eigenvalue weighted by Crippen LogP contribution is 2.30. The number of nitrogens with one attached hydrogen (secondary N) is 1. The lowest BCUT2D eigenvalue weighted by atomic mass is 10.1. The zero-order valence-corrected chi connectivity index (χ0v) is 15.2. The number of aromatic amines is 1. The Morgan fingerprint density at radius 1 is 0.957 bits per heavy atom. The summed E-state index contributed by atoms with van der Waals surface area (Å²) >= 11 is 24.6. The number of aromatic nitrogens is 2. The van der Waals surface area contributed by atoms with Crippen molar-refractivity contribution in [2.45, 2.75) is 13.3 Å². The fourth-order valence-corrected chi connectivity index (χ4v) is 3.50. The number of rotatable bonds is 3. The summed E-state index contributed by atoms with van der Waals surface area (Å²) in [4.78, 5) is 7.92. The summed E-state index contributed by atoms with van der Waals surface area (Å²) in [6, 6.07) is 10.8. The fourth-order valence-electron chi connectivity index (χ4n) is 2.45. The second kappa shape index (κ2) is 6.74. The molecule has 0 radical (unpaired) electrons. The quantitative estimate of drug-likeness (QED) is 0.541. The molecule has 2 nitrogen and oxygen atoms in total. The van der Waals surface area contributed by atoms with Gasteiger partial charge in [-0.05, 0) is 42.8 Å². The van der Waals surface area contributed by atoms with Crippen LogP contribution in [-0.2, 0) is 6.42 Å². The summed E-state index contributed by atoms with van der Waals surface area (Å²) in [5, 5.41) is 2.40. The van der Waals surface area contributed by atoms with E-state index < -0.39 is 0 Å². The fraction of sp³-hybridized carbons (Fsp3) is 0.118. The van der Waals surface area contributed by atoms with E-state index in [2.05, 4.69) is 9.97 Å². The van der Waals surface area contributed by atoms with Crippen LogP contribution >= 0.6 is 46.4 Å². The van der Waals surface area contributed by atoms with Crippen molar-refractivity contribution < 1.29 is 0 Å². The van der Waals surface area contributed by atoms with Gasteiger partial charge in [0.2, 0.25) is 0 Å². The average molecular weight is 386 g/mol. The van der Waals surface area contributed by atoms with Gasteiger partial charge in [-0.2, -0.15) is 0 Å². The lowest BCUT2D eigenvalue weighted by Gasteiger charge is -2.04. The summed E-state index contributed by atoms with van der Waals surface area (Å²) in [5.74, 6) is 0.781. The van der Waals surface area contributed by atoms with E-state index in [4.69, 9.17) is 46.4 Å². The van der Waals surface area contributed by atoms with Gasteiger partial charge in [-0.3, -0.25) is 0 Å². The zero-order valence-electron chi connectivity index (χ0n) is 12.1. The van der Waals surface area contributed by atoms with Crippen molar-refractivity contribution in [1.29, 1.82) is 0 Å². The molecule has 0 atom stereocenters. The Kier molecular flexibility index (Phi) is 4.88. The highest BCUT2D eigenvalue weighted by atomic mass is 35.5. The predicted molar refractivity (Wildman–Crippen MR) is 98.0 cm³/mol. The van der Waals surface area contributed by atoms with Crippen LogP contribution in [0.2, 0.25) is 20.1 Å². The maximum atomic E-state index is 6.22. The zero-order chi connectivity index (χ0) is 16.6. The Labute approximate surface area is 154 Å². The summed E-state index contributed by atoms with van der Waals surface area (Å²) in [6.07, 6.45) is 0.521. The normalized spacial score (nSPS) is 11.0. The third-order valence-corrected chi connectivity index (χ3v) is 4.62. The van der Waals surface area contributed by atoms with E-state index in [0.717, 1.165) is 28.3 Å². The van der Waals surface area contributed by atoms with Crippen molar-refractivity contribution in [1.82, 2.24) is 9.97 Å². The van der Waals surface area contributed by atoms with E-state index >= 15 is 0 Å². The lowest BCUT2D eigenvalue weighted by molar-refractivity contribution is 1.02. The Morgan fingerprint density at radius 2 is 1.57 bits per heavy atom. The highest BCUT2D eigenvalue weighted by molar-refractivity contribution is 6.36. The van der Waals surface area contributed by atoms with E-state index in [9.17, 15) is 0 Å². The monoisotopic (exact) mass is 384 g/mol. The molecule has 0 bridgehead atoms.